The third-order valence-electron chi connectivity index (χ3n) is 1.30. The van der Waals surface area contributed by atoms with Gasteiger partial charge >= 0.3 is 5.97 Å². The van der Waals surface area contributed by atoms with Crippen LogP contribution in [0.4, 0.5) is 0 Å². The number of nitrogens with two attached hydrogens (primary N) is 1. The minimum absolute atomic E-state index is 0.396. The monoisotopic (exact) mass is 202 g/mol. The molecular weight excluding hydrogens is 192 g/mol. The van der Waals surface area contributed by atoms with Crippen LogP contribution in [0.1, 0.15) is 0 Å². The van der Waals surface area contributed by atoms with Gasteiger partial charge in [-0.2, -0.15) is 0 Å². The van der Waals surface area contributed by atoms with Crippen molar-refractivity contribution in [1.82, 2.24) is 4.98 Å². The smallest absolute Gasteiger partial charge is 0.323 e. The summed E-state index contributed by atoms with van der Waals surface area (Å²) in [4.78, 5) is 14.7. The highest BCUT2D eigenvalue weighted by Gasteiger charge is 2.14. The van der Waals surface area contributed by atoms with Crippen LogP contribution in [0.15, 0.2) is 22.1 Å². The third-order valence-corrected chi connectivity index (χ3v) is 2.27. The van der Waals surface area contributed by atoms with Gasteiger partial charge in [-0.05, 0) is 0 Å². The lowest BCUT2D eigenvalue weighted by Gasteiger charge is -2.05. The molecule has 0 aliphatic carbocycles. The first-order valence-corrected chi connectivity index (χ1v) is 4.58. The van der Waals surface area contributed by atoms with Gasteiger partial charge in [0, 0.05) is 5.75 Å². The van der Waals surface area contributed by atoms with Gasteiger partial charge in [-0.15, -0.1) is 0 Å². The molecule has 0 aromatic carbocycles. The van der Waals surface area contributed by atoms with Crippen molar-refractivity contribution in [2.45, 2.75) is 11.3 Å². The first kappa shape index (κ1) is 10.1. The highest BCUT2D eigenvalue weighted by molar-refractivity contribution is 7.99. The molecule has 13 heavy (non-hydrogen) atoms. The molecule has 0 aliphatic rings. The summed E-state index contributed by atoms with van der Waals surface area (Å²) in [6.45, 7) is 0. The SMILES string of the molecule is COC(=O)C(N)CSc1ncco1. The lowest BCUT2D eigenvalue weighted by molar-refractivity contribution is -0.141. The van der Waals surface area contributed by atoms with Crippen LogP contribution >= 0.6 is 11.8 Å². The van der Waals surface area contributed by atoms with Gasteiger partial charge in [-0.25, -0.2) is 4.98 Å². The Bertz CT molecular complexity index is 263. The number of carbonyl (C=O) groups is 1. The first-order valence-electron chi connectivity index (χ1n) is 3.59. The molecule has 1 atom stereocenters. The summed E-state index contributed by atoms with van der Waals surface area (Å²) in [5.74, 6) is -0.0354. The molecule has 0 spiro atoms. The van der Waals surface area contributed by atoms with Crippen LogP contribution in [-0.4, -0.2) is 29.9 Å². The number of hydrogen-bond acceptors (Lipinski definition) is 6. The molecular formula is C7H10N2O3S. The summed E-state index contributed by atoms with van der Waals surface area (Å²) in [5.41, 5.74) is 5.48. The van der Waals surface area contributed by atoms with E-state index in [0.717, 1.165) is 0 Å². The Morgan fingerprint density at radius 1 is 1.92 bits per heavy atom. The Balaban J connectivity index is 2.30. The van der Waals surface area contributed by atoms with Crippen molar-refractivity contribution < 1.29 is 13.9 Å². The van der Waals surface area contributed by atoms with Crippen molar-refractivity contribution in [3.63, 3.8) is 0 Å². The Morgan fingerprint density at radius 2 is 2.69 bits per heavy atom. The van der Waals surface area contributed by atoms with Crippen LogP contribution in [0.5, 0.6) is 0 Å². The second-order valence-electron chi connectivity index (χ2n) is 2.24. The summed E-state index contributed by atoms with van der Waals surface area (Å²) in [6.07, 6.45) is 3.00. The van der Waals surface area contributed by atoms with E-state index in [0.29, 0.717) is 11.0 Å². The number of carbonyl (C=O) groups excluding carboxylic acids is 1. The molecule has 72 valence electrons. The van der Waals surface area contributed by atoms with Crippen LogP contribution in [0.2, 0.25) is 0 Å². The molecule has 0 bridgehead atoms. The van der Waals surface area contributed by atoms with Crippen molar-refractivity contribution >= 4 is 17.7 Å². The van der Waals surface area contributed by atoms with Gasteiger partial charge in [0.15, 0.2) is 0 Å². The number of rotatable bonds is 4. The number of nitrogens with zero attached hydrogens (tertiary/aromatic N) is 1. The lowest BCUT2D eigenvalue weighted by atomic mass is 10.4. The van der Waals surface area contributed by atoms with Gasteiger partial charge < -0.3 is 14.9 Å². The molecule has 0 amide bonds. The van der Waals surface area contributed by atoms with Crippen molar-refractivity contribution in [3.05, 3.63) is 12.5 Å². The maximum Gasteiger partial charge on any atom is 0.323 e. The maximum atomic E-state index is 10.9. The summed E-state index contributed by atoms with van der Waals surface area (Å²) < 4.78 is 9.40. The van der Waals surface area contributed by atoms with E-state index in [1.165, 1.54) is 31.3 Å². The molecule has 1 aromatic rings. The average Bonchev–Trinajstić information content (AvgIpc) is 2.65. The van der Waals surface area contributed by atoms with Gasteiger partial charge in [0.1, 0.15) is 12.3 Å². The topological polar surface area (TPSA) is 78.4 Å². The van der Waals surface area contributed by atoms with Crippen LogP contribution < -0.4 is 5.73 Å². The lowest BCUT2D eigenvalue weighted by Crippen LogP contribution is -2.33. The number of oxazole rings is 1. The molecule has 0 saturated carbocycles. The minimum atomic E-state index is -0.637. The molecule has 2 N–H and O–H groups in total. The predicted molar refractivity (Wildman–Crippen MR) is 47.2 cm³/mol. The zero-order chi connectivity index (χ0) is 9.68. The summed E-state index contributed by atoms with van der Waals surface area (Å²) in [5, 5.41) is 0.499. The number of ether oxygens (including phenoxy) is 1. The molecule has 0 saturated heterocycles. The molecule has 5 nitrogen and oxygen atoms in total. The van der Waals surface area contributed by atoms with Gasteiger partial charge in [0.05, 0.1) is 13.3 Å². The van der Waals surface area contributed by atoms with Gasteiger partial charge in [-0.1, -0.05) is 11.8 Å². The van der Waals surface area contributed by atoms with Crippen LogP contribution in [-0.2, 0) is 9.53 Å². The standard InChI is InChI=1S/C7H10N2O3S/c1-11-6(10)5(8)4-13-7-9-2-3-12-7/h2-3,5H,4,8H2,1H3. The molecule has 1 unspecified atom stereocenters. The molecule has 1 aromatic heterocycles. The van der Waals surface area contributed by atoms with Gasteiger partial charge in [-0.3, -0.25) is 4.79 Å². The predicted octanol–water partition coefficient (Wildman–Crippen LogP) is 0.267. The molecule has 0 aliphatic heterocycles. The second kappa shape index (κ2) is 4.88. The minimum Gasteiger partial charge on any atom is -0.468 e. The third kappa shape index (κ3) is 3.08. The number of methoxy groups -OCH3 is 1. The Labute approximate surface area is 79.6 Å². The molecule has 6 heteroatoms. The van der Waals surface area contributed by atoms with E-state index in [1.54, 1.807) is 0 Å². The van der Waals surface area contributed by atoms with Gasteiger partial charge in [0.25, 0.3) is 5.22 Å². The fourth-order valence-corrected chi connectivity index (χ4v) is 1.38. The summed E-state index contributed by atoms with van der Waals surface area (Å²) in [6, 6.07) is -0.637. The molecule has 0 fully saturated rings. The zero-order valence-corrected chi connectivity index (χ0v) is 7.91. The molecule has 1 heterocycles. The van der Waals surface area contributed by atoms with Crippen LogP contribution in [0.25, 0.3) is 0 Å². The molecule has 0 radical (unpaired) electrons. The van der Waals surface area contributed by atoms with E-state index < -0.39 is 12.0 Å². The highest BCUT2D eigenvalue weighted by atomic mass is 32.2. The van der Waals surface area contributed by atoms with E-state index in [4.69, 9.17) is 10.2 Å². The molecule has 1 rings (SSSR count). The number of hydrogen-bond donors (Lipinski definition) is 1. The van der Waals surface area contributed by atoms with E-state index in [2.05, 4.69) is 9.72 Å². The van der Waals surface area contributed by atoms with Crippen LogP contribution in [0.3, 0.4) is 0 Å². The first-order chi connectivity index (χ1) is 6.24. The van der Waals surface area contributed by atoms with Crippen molar-refractivity contribution in [2.75, 3.05) is 12.9 Å². The second-order valence-corrected chi connectivity index (χ2v) is 3.21. The largest absolute Gasteiger partial charge is 0.468 e. The van der Waals surface area contributed by atoms with E-state index in [1.807, 2.05) is 0 Å². The Morgan fingerprint density at radius 3 is 3.23 bits per heavy atom. The van der Waals surface area contributed by atoms with Crippen molar-refractivity contribution in [2.24, 2.45) is 5.73 Å². The Hall–Kier alpha value is -1.01. The summed E-state index contributed by atoms with van der Waals surface area (Å²) in [7, 11) is 1.30. The highest BCUT2D eigenvalue weighted by Crippen LogP contribution is 2.15. The fraction of sp³-hybridized carbons (Fsp3) is 0.429. The number of thioether (sulfide) groups is 1. The number of esters is 1. The quantitative estimate of drug-likeness (QED) is 0.557. The van der Waals surface area contributed by atoms with Crippen molar-refractivity contribution in [3.8, 4) is 0 Å². The van der Waals surface area contributed by atoms with Gasteiger partial charge in [0.2, 0.25) is 0 Å². The average molecular weight is 202 g/mol. The van der Waals surface area contributed by atoms with E-state index >= 15 is 0 Å². The zero-order valence-electron chi connectivity index (χ0n) is 7.10. The summed E-state index contributed by atoms with van der Waals surface area (Å²) >= 11 is 1.28. The Kier molecular flexibility index (Phi) is 3.78. The number of aromatic nitrogens is 1. The fourth-order valence-electron chi connectivity index (χ4n) is 0.662. The van der Waals surface area contributed by atoms with E-state index in [9.17, 15) is 4.79 Å². The normalized spacial score (nSPS) is 12.5. The van der Waals surface area contributed by atoms with E-state index in [-0.39, 0.29) is 0 Å². The van der Waals surface area contributed by atoms with Crippen LogP contribution in [0, 0.1) is 0 Å². The van der Waals surface area contributed by atoms with Crippen molar-refractivity contribution in [1.29, 1.82) is 0 Å². The maximum absolute atomic E-state index is 10.9.